The molecule has 1 heterocycles. The molecular weight excluding hydrogens is 375 g/mol. The van der Waals surface area contributed by atoms with Gasteiger partial charge in [-0.3, -0.25) is 4.79 Å². The zero-order valence-corrected chi connectivity index (χ0v) is 13.9. The summed E-state index contributed by atoms with van der Waals surface area (Å²) in [4.78, 5) is 20.5. The molecular formula is C17H12BrFN4O. The molecule has 0 saturated carbocycles. The summed E-state index contributed by atoms with van der Waals surface area (Å²) in [5, 5.41) is 5.68. The number of nitrogens with one attached hydrogen (secondary N) is 2. The lowest BCUT2D eigenvalue weighted by Crippen LogP contribution is -2.14. The minimum absolute atomic E-state index is 0.201. The maximum atomic E-state index is 12.9. The number of aromatic nitrogens is 2. The van der Waals surface area contributed by atoms with E-state index in [1.54, 1.807) is 0 Å². The normalized spacial score (nSPS) is 10.2. The lowest BCUT2D eigenvalue weighted by molar-refractivity contribution is 0.102. The molecule has 0 atom stereocenters. The van der Waals surface area contributed by atoms with Crippen molar-refractivity contribution in [2.75, 3.05) is 10.6 Å². The van der Waals surface area contributed by atoms with Gasteiger partial charge in [0.2, 0.25) is 5.95 Å². The fourth-order valence-corrected chi connectivity index (χ4v) is 2.37. The fraction of sp³-hybridized carbons (Fsp3) is 0. The van der Waals surface area contributed by atoms with Gasteiger partial charge in [0.05, 0.1) is 0 Å². The number of hydrogen-bond donors (Lipinski definition) is 2. The molecule has 3 rings (SSSR count). The summed E-state index contributed by atoms with van der Waals surface area (Å²) in [7, 11) is 0. The molecule has 0 fully saturated rings. The summed E-state index contributed by atoms with van der Waals surface area (Å²) >= 11 is 3.38. The number of halogens is 2. The monoisotopic (exact) mass is 386 g/mol. The summed E-state index contributed by atoms with van der Waals surface area (Å²) in [5.41, 5.74) is 1.48. The Bertz CT molecular complexity index is 870. The van der Waals surface area contributed by atoms with E-state index in [1.165, 1.54) is 36.5 Å². The standard InChI is InChI=1S/C17H12BrFN4O/c18-11-2-1-3-14(10-11)22-17-20-9-8-15(23-17)16(24)21-13-6-4-12(19)5-7-13/h1-10H,(H,21,24)(H,20,22,23). The second-order valence-corrected chi connectivity index (χ2v) is 5.78. The molecule has 0 unspecified atom stereocenters. The van der Waals surface area contributed by atoms with Crippen LogP contribution in [0.15, 0.2) is 65.3 Å². The first kappa shape index (κ1) is 16.1. The molecule has 0 saturated heterocycles. The van der Waals surface area contributed by atoms with E-state index in [9.17, 15) is 9.18 Å². The second kappa shape index (κ2) is 7.18. The Morgan fingerprint density at radius 1 is 1.04 bits per heavy atom. The topological polar surface area (TPSA) is 66.9 Å². The van der Waals surface area contributed by atoms with Crippen molar-refractivity contribution in [2.45, 2.75) is 0 Å². The number of nitrogens with zero attached hydrogens (tertiary/aromatic N) is 2. The van der Waals surface area contributed by atoms with Crippen LogP contribution in [0.1, 0.15) is 10.5 Å². The molecule has 0 aliphatic heterocycles. The summed E-state index contributed by atoms with van der Waals surface area (Å²) in [6, 6.07) is 14.5. The first-order valence-electron chi connectivity index (χ1n) is 7.03. The average Bonchev–Trinajstić information content (AvgIpc) is 2.57. The zero-order chi connectivity index (χ0) is 16.9. The van der Waals surface area contributed by atoms with Gasteiger partial charge >= 0.3 is 0 Å². The molecule has 0 aliphatic carbocycles. The third-order valence-electron chi connectivity index (χ3n) is 3.07. The molecule has 1 amide bonds. The van der Waals surface area contributed by atoms with Crippen LogP contribution in [0, 0.1) is 5.82 Å². The van der Waals surface area contributed by atoms with Gasteiger partial charge in [0.1, 0.15) is 11.5 Å². The lowest BCUT2D eigenvalue weighted by Gasteiger charge is -2.07. The van der Waals surface area contributed by atoms with E-state index in [1.807, 2.05) is 24.3 Å². The van der Waals surface area contributed by atoms with Crippen molar-refractivity contribution in [3.8, 4) is 0 Å². The molecule has 0 spiro atoms. The van der Waals surface area contributed by atoms with Crippen LogP contribution in [-0.2, 0) is 0 Å². The molecule has 24 heavy (non-hydrogen) atoms. The van der Waals surface area contributed by atoms with Crippen LogP contribution in [0.3, 0.4) is 0 Å². The molecule has 0 aliphatic rings. The van der Waals surface area contributed by atoms with Crippen molar-refractivity contribution in [3.63, 3.8) is 0 Å². The maximum Gasteiger partial charge on any atom is 0.274 e. The highest BCUT2D eigenvalue weighted by molar-refractivity contribution is 9.10. The summed E-state index contributed by atoms with van der Waals surface area (Å²) < 4.78 is 13.8. The minimum atomic E-state index is -0.402. The molecule has 2 aromatic carbocycles. The number of rotatable bonds is 4. The molecule has 0 bridgehead atoms. The molecule has 7 heteroatoms. The molecule has 3 aromatic rings. The first-order chi connectivity index (χ1) is 11.6. The summed E-state index contributed by atoms with van der Waals surface area (Å²) in [5.74, 6) is -0.461. The van der Waals surface area contributed by atoms with Crippen molar-refractivity contribution in [2.24, 2.45) is 0 Å². The highest BCUT2D eigenvalue weighted by Gasteiger charge is 2.09. The van der Waals surface area contributed by atoms with Gasteiger partial charge in [-0.05, 0) is 48.5 Å². The van der Waals surface area contributed by atoms with Crippen LogP contribution < -0.4 is 10.6 Å². The largest absolute Gasteiger partial charge is 0.324 e. The molecule has 120 valence electrons. The van der Waals surface area contributed by atoms with E-state index in [2.05, 4.69) is 36.5 Å². The van der Waals surface area contributed by atoms with Gasteiger partial charge in [0.25, 0.3) is 5.91 Å². The molecule has 5 nitrogen and oxygen atoms in total. The van der Waals surface area contributed by atoms with Crippen LogP contribution >= 0.6 is 15.9 Å². The number of carbonyl (C=O) groups excluding carboxylic acids is 1. The van der Waals surface area contributed by atoms with E-state index in [-0.39, 0.29) is 11.5 Å². The maximum absolute atomic E-state index is 12.9. The van der Waals surface area contributed by atoms with E-state index in [0.29, 0.717) is 11.6 Å². The van der Waals surface area contributed by atoms with Crippen molar-refractivity contribution in [1.29, 1.82) is 0 Å². The zero-order valence-electron chi connectivity index (χ0n) is 12.3. The molecule has 1 aromatic heterocycles. The Kier molecular flexibility index (Phi) is 4.81. The van der Waals surface area contributed by atoms with Crippen LogP contribution in [0.2, 0.25) is 0 Å². The van der Waals surface area contributed by atoms with Crippen molar-refractivity contribution >= 4 is 39.2 Å². The van der Waals surface area contributed by atoms with Crippen molar-refractivity contribution in [1.82, 2.24) is 9.97 Å². The van der Waals surface area contributed by atoms with Crippen molar-refractivity contribution in [3.05, 3.63) is 76.8 Å². The van der Waals surface area contributed by atoms with E-state index in [0.717, 1.165) is 10.2 Å². The number of amides is 1. The Labute approximate surface area is 146 Å². The highest BCUT2D eigenvalue weighted by Crippen LogP contribution is 2.18. The van der Waals surface area contributed by atoms with Gasteiger partial charge < -0.3 is 10.6 Å². The third-order valence-corrected chi connectivity index (χ3v) is 3.56. The fourth-order valence-electron chi connectivity index (χ4n) is 1.97. The van der Waals surface area contributed by atoms with Gasteiger partial charge in [-0.2, -0.15) is 0 Å². The Balaban J connectivity index is 1.74. The minimum Gasteiger partial charge on any atom is -0.324 e. The molecule has 0 radical (unpaired) electrons. The van der Waals surface area contributed by atoms with Crippen LogP contribution in [0.5, 0.6) is 0 Å². The van der Waals surface area contributed by atoms with Crippen molar-refractivity contribution < 1.29 is 9.18 Å². The lowest BCUT2D eigenvalue weighted by atomic mass is 10.3. The van der Waals surface area contributed by atoms with Crippen LogP contribution in [-0.4, -0.2) is 15.9 Å². The van der Waals surface area contributed by atoms with Gasteiger partial charge in [0, 0.05) is 22.0 Å². The number of anilines is 3. The predicted molar refractivity (Wildman–Crippen MR) is 93.8 cm³/mol. The van der Waals surface area contributed by atoms with E-state index in [4.69, 9.17) is 0 Å². The van der Waals surface area contributed by atoms with Crippen LogP contribution in [0.25, 0.3) is 0 Å². The SMILES string of the molecule is O=C(Nc1ccc(F)cc1)c1ccnc(Nc2cccc(Br)c2)n1. The number of carbonyl (C=O) groups is 1. The number of benzene rings is 2. The Morgan fingerprint density at radius 2 is 1.83 bits per heavy atom. The third kappa shape index (κ3) is 4.14. The Morgan fingerprint density at radius 3 is 2.58 bits per heavy atom. The highest BCUT2D eigenvalue weighted by atomic mass is 79.9. The van der Waals surface area contributed by atoms with Gasteiger partial charge in [-0.1, -0.05) is 22.0 Å². The Hall–Kier alpha value is -2.80. The number of hydrogen-bond acceptors (Lipinski definition) is 4. The first-order valence-corrected chi connectivity index (χ1v) is 7.82. The van der Waals surface area contributed by atoms with Gasteiger partial charge in [-0.25, -0.2) is 14.4 Å². The van der Waals surface area contributed by atoms with E-state index >= 15 is 0 Å². The second-order valence-electron chi connectivity index (χ2n) is 4.86. The average molecular weight is 387 g/mol. The van der Waals surface area contributed by atoms with E-state index < -0.39 is 5.91 Å². The van der Waals surface area contributed by atoms with Gasteiger partial charge in [0.15, 0.2) is 0 Å². The predicted octanol–water partition coefficient (Wildman–Crippen LogP) is 4.37. The van der Waals surface area contributed by atoms with Gasteiger partial charge in [-0.15, -0.1) is 0 Å². The quantitative estimate of drug-likeness (QED) is 0.698. The summed E-state index contributed by atoms with van der Waals surface area (Å²) in [6.07, 6.45) is 1.49. The smallest absolute Gasteiger partial charge is 0.274 e. The summed E-state index contributed by atoms with van der Waals surface area (Å²) in [6.45, 7) is 0. The van der Waals surface area contributed by atoms with Crippen LogP contribution in [0.4, 0.5) is 21.7 Å². The molecule has 2 N–H and O–H groups in total.